The lowest BCUT2D eigenvalue weighted by atomic mass is 9.62. The second-order valence-electron chi connectivity index (χ2n) is 10.7. The van der Waals surface area contributed by atoms with Crippen molar-refractivity contribution in [2.45, 2.75) is 22.1 Å². The largest absolute Gasteiger partial charge is 0.318 e. The molecule has 0 N–H and O–H groups in total. The van der Waals surface area contributed by atoms with Gasteiger partial charge in [-0.15, -0.1) is 0 Å². The van der Waals surface area contributed by atoms with Crippen molar-refractivity contribution >= 4 is 39.6 Å². The van der Waals surface area contributed by atoms with Gasteiger partial charge in [-0.05, 0) is 82.6 Å². The smallest absolute Gasteiger partial charge is 0.258 e. The molecule has 0 bridgehead atoms. The normalized spacial score (nSPS) is 14.4. The molecule has 2 aliphatic heterocycles. The van der Waals surface area contributed by atoms with E-state index in [-0.39, 0.29) is 5.56 Å². The molecule has 8 rings (SSSR count). The molecule has 0 atom stereocenters. The van der Waals surface area contributed by atoms with Gasteiger partial charge in [0.05, 0.1) is 16.8 Å². The quantitative estimate of drug-likeness (QED) is 0.211. The van der Waals surface area contributed by atoms with Crippen LogP contribution in [0.1, 0.15) is 27.8 Å². The number of anilines is 3. The molecular weight excluding hydrogens is 508 g/mol. The lowest BCUT2D eigenvalue weighted by Gasteiger charge is -2.49. The van der Waals surface area contributed by atoms with Gasteiger partial charge in [-0.2, -0.15) is 0 Å². The Balaban J connectivity index is 1.49. The second-order valence-corrected chi connectivity index (χ2v) is 11.8. The summed E-state index contributed by atoms with van der Waals surface area (Å²) in [6.45, 7) is 2.08. The Morgan fingerprint density at radius 2 is 1.15 bits per heavy atom. The van der Waals surface area contributed by atoms with Gasteiger partial charge >= 0.3 is 0 Å². The minimum absolute atomic E-state index is 0.0264. The molecule has 0 fully saturated rings. The molecule has 40 heavy (non-hydrogen) atoms. The maximum atomic E-state index is 12.9. The van der Waals surface area contributed by atoms with E-state index in [0.29, 0.717) is 0 Å². The summed E-state index contributed by atoms with van der Waals surface area (Å²) in [5, 5.41) is 1.73. The van der Waals surface area contributed by atoms with Gasteiger partial charge in [0.15, 0.2) is 0 Å². The predicted octanol–water partition coefficient (Wildman–Crippen LogP) is 8.48. The fraction of sp³-hybridized carbons (Fsp3) is 0.0833. The van der Waals surface area contributed by atoms with E-state index >= 15 is 0 Å². The van der Waals surface area contributed by atoms with E-state index in [1.165, 1.54) is 32.0 Å². The molecule has 3 nitrogen and oxygen atoms in total. The Morgan fingerprint density at radius 3 is 1.75 bits per heavy atom. The molecular formula is C36H26N2OS. The Morgan fingerprint density at radius 1 is 0.625 bits per heavy atom. The number of nitrogens with zero attached hydrogens (tertiary/aromatic N) is 2. The molecule has 0 saturated heterocycles. The first kappa shape index (κ1) is 23.4. The number of fused-ring (bicyclic) bond motifs is 9. The van der Waals surface area contributed by atoms with Crippen molar-refractivity contribution in [3.05, 3.63) is 160 Å². The van der Waals surface area contributed by atoms with Crippen LogP contribution in [-0.2, 0) is 12.5 Å². The van der Waals surface area contributed by atoms with E-state index in [2.05, 4.69) is 121 Å². The van der Waals surface area contributed by atoms with Gasteiger partial charge in [0.1, 0.15) is 0 Å². The van der Waals surface area contributed by atoms with E-state index in [1.807, 2.05) is 31.1 Å². The number of hydrogen-bond acceptors (Lipinski definition) is 3. The molecule has 192 valence electrons. The van der Waals surface area contributed by atoms with Gasteiger partial charge in [-0.25, -0.2) is 0 Å². The van der Waals surface area contributed by atoms with Gasteiger partial charge in [0.25, 0.3) is 5.56 Å². The third-order valence-electron chi connectivity index (χ3n) is 8.52. The fourth-order valence-electron chi connectivity index (χ4n) is 6.89. The van der Waals surface area contributed by atoms with Gasteiger partial charge in [0.2, 0.25) is 0 Å². The van der Waals surface area contributed by atoms with Crippen LogP contribution in [0, 0.1) is 6.92 Å². The molecule has 0 radical (unpaired) electrons. The lowest BCUT2D eigenvalue weighted by Crippen LogP contribution is -2.39. The monoisotopic (exact) mass is 534 g/mol. The van der Waals surface area contributed by atoms with Gasteiger partial charge in [-0.3, -0.25) is 4.79 Å². The molecule has 1 aromatic heterocycles. The van der Waals surface area contributed by atoms with Crippen molar-refractivity contribution < 1.29 is 0 Å². The van der Waals surface area contributed by atoms with E-state index in [1.54, 1.807) is 4.57 Å². The number of benzene rings is 5. The summed E-state index contributed by atoms with van der Waals surface area (Å²) in [6.07, 6.45) is 1.93. The van der Waals surface area contributed by atoms with Crippen LogP contribution in [0.4, 0.5) is 17.1 Å². The molecule has 6 aromatic rings. The van der Waals surface area contributed by atoms with Crippen molar-refractivity contribution in [1.82, 2.24) is 4.57 Å². The molecule has 5 aromatic carbocycles. The molecule has 0 aliphatic carbocycles. The average molecular weight is 535 g/mol. The number of pyridine rings is 1. The minimum atomic E-state index is -0.454. The van der Waals surface area contributed by atoms with E-state index in [0.717, 1.165) is 33.4 Å². The van der Waals surface area contributed by atoms with Gasteiger partial charge in [-0.1, -0.05) is 84.6 Å². The average Bonchev–Trinajstić information content (AvgIpc) is 3.00. The predicted molar refractivity (Wildman–Crippen MR) is 165 cm³/mol. The first-order valence-corrected chi connectivity index (χ1v) is 14.4. The Bertz CT molecular complexity index is 1960. The first-order valence-electron chi connectivity index (χ1n) is 13.5. The van der Waals surface area contributed by atoms with Crippen LogP contribution in [0.3, 0.4) is 0 Å². The van der Waals surface area contributed by atoms with Crippen molar-refractivity contribution in [1.29, 1.82) is 0 Å². The third kappa shape index (κ3) is 3.00. The summed E-state index contributed by atoms with van der Waals surface area (Å²) < 4.78 is 1.67. The highest BCUT2D eigenvalue weighted by atomic mass is 32.2. The molecule has 2 aliphatic rings. The zero-order chi connectivity index (χ0) is 27.0. The van der Waals surface area contributed by atoms with Crippen LogP contribution in [0.25, 0.3) is 10.8 Å². The molecule has 0 amide bonds. The maximum absolute atomic E-state index is 12.9. The first-order chi connectivity index (χ1) is 19.6. The highest BCUT2D eigenvalue weighted by molar-refractivity contribution is 7.99. The topological polar surface area (TPSA) is 25.2 Å². The highest BCUT2D eigenvalue weighted by Gasteiger charge is 2.50. The van der Waals surface area contributed by atoms with Crippen LogP contribution in [0.5, 0.6) is 0 Å². The number of aryl methyl sites for hydroxylation is 2. The maximum Gasteiger partial charge on any atom is 0.258 e. The fourth-order valence-corrected chi connectivity index (χ4v) is 8.08. The van der Waals surface area contributed by atoms with E-state index in [4.69, 9.17) is 0 Å². The van der Waals surface area contributed by atoms with E-state index < -0.39 is 5.41 Å². The molecule has 0 saturated carbocycles. The van der Waals surface area contributed by atoms with Gasteiger partial charge < -0.3 is 9.47 Å². The SMILES string of the molecule is Cc1cn(C)c(=O)c2ccc(N3c4ccccc4C4(c5ccccc5Sc5ccccc54)c4ccccc43)cc12. The van der Waals surface area contributed by atoms with Crippen molar-refractivity contribution in [3.8, 4) is 0 Å². The zero-order valence-electron chi connectivity index (χ0n) is 22.3. The molecule has 4 heteroatoms. The van der Waals surface area contributed by atoms with Crippen molar-refractivity contribution in [2.24, 2.45) is 7.05 Å². The summed E-state index contributed by atoms with van der Waals surface area (Å²) in [4.78, 5) is 17.9. The number of aromatic nitrogens is 1. The molecule has 0 unspecified atom stereocenters. The van der Waals surface area contributed by atoms with Crippen LogP contribution < -0.4 is 10.5 Å². The second kappa shape index (κ2) is 8.48. The van der Waals surface area contributed by atoms with Crippen molar-refractivity contribution in [3.63, 3.8) is 0 Å². The third-order valence-corrected chi connectivity index (χ3v) is 9.68. The zero-order valence-corrected chi connectivity index (χ0v) is 23.1. The molecule has 1 spiro atoms. The number of hydrogen-bond donors (Lipinski definition) is 0. The minimum Gasteiger partial charge on any atom is -0.318 e. The van der Waals surface area contributed by atoms with Crippen molar-refractivity contribution in [2.75, 3.05) is 4.90 Å². The summed E-state index contributed by atoms with van der Waals surface area (Å²) in [7, 11) is 1.82. The number of para-hydroxylation sites is 2. The Kier molecular flexibility index (Phi) is 4.95. The Hall–Kier alpha value is -4.54. The summed E-state index contributed by atoms with van der Waals surface area (Å²) >= 11 is 1.86. The van der Waals surface area contributed by atoms with Crippen LogP contribution in [0.15, 0.2) is 136 Å². The van der Waals surface area contributed by atoms with E-state index in [9.17, 15) is 4.79 Å². The standard InChI is InChI=1S/C36H26N2OS/c1-23-22-37(2)35(39)25-20-19-24(21-26(23)25)38-31-15-7-3-11-27(31)36(28-12-4-8-16-32(28)38)29-13-5-9-17-33(29)40-34-18-10-6-14-30(34)36/h3-22H,1-2H3. The Labute approximate surface area is 237 Å². The summed E-state index contributed by atoms with van der Waals surface area (Å²) in [6, 6.07) is 41.6. The van der Waals surface area contributed by atoms with Crippen LogP contribution >= 0.6 is 11.8 Å². The lowest BCUT2D eigenvalue weighted by molar-refractivity contribution is 0.692. The summed E-state index contributed by atoms with van der Waals surface area (Å²) in [5.74, 6) is 0. The van der Waals surface area contributed by atoms with Gasteiger partial charge in [0, 0.05) is 34.1 Å². The van der Waals surface area contributed by atoms with Crippen LogP contribution in [0.2, 0.25) is 0 Å². The summed E-state index contributed by atoms with van der Waals surface area (Å²) in [5.41, 5.74) is 9.16. The number of rotatable bonds is 1. The molecule has 3 heterocycles. The van der Waals surface area contributed by atoms with Crippen LogP contribution in [-0.4, -0.2) is 4.57 Å². The highest BCUT2D eigenvalue weighted by Crippen LogP contribution is 2.62.